The number of rotatable bonds is 5. The van der Waals surface area contributed by atoms with Gasteiger partial charge in [0.1, 0.15) is 6.04 Å². The molecule has 1 heterocycles. The number of hydrogen-bond donors (Lipinski definition) is 1. The molecule has 104 valence electrons. The summed E-state index contributed by atoms with van der Waals surface area (Å²) in [5.74, 6) is -3.01. The third-order valence-electron chi connectivity index (χ3n) is 2.91. The first-order valence-electron chi connectivity index (χ1n) is 5.59. The minimum atomic E-state index is -3.76. The number of aliphatic carboxylic acids is 1. The molecule has 0 radical (unpaired) electrons. The van der Waals surface area contributed by atoms with Crippen LogP contribution in [0.5, 0.6) is 0 Å². The quantitative estimate of drug-likeness (QED) is 0.692. The molecular weight excluding hydrogens is 262 g/mol. The lowest BCUT2D eigenvalue weighted by atomic mass is 10.2. The fourth-order valence-corrected chi connectivity index (χ4v) is 3.95. The van der Waals surface area contributed by atoms with Gasteiger partial charge in [0.2, 0.25) is 10.0 Å². The lowest BCUT2D eigenvalue weighted by Gasteiger charge is -2.22. The van der Waals surface area contributed by atoms with E-state index < -0.39 is 39.7 Å². The predicted molar refractivity (Wildman–Crippen MR) is 62.3 cm³/mol. The monoisotopic (exact) mass is 279 g/mol. The van der Waals surface area contributed by atoms with Crippen LogP contribution in [-0.2, 0) is 24.3 Å². The van der Waals surface area contributed by atoms with Crippen molar-refractivity contribution in [3.05, 3.63) is 0 Å². The Hall–Kier alpha value is -1.15. The lowest BCUT2D eigenvalue weighted by molar-refractivity contribution is -0.144. The molecule has 1 aliphatic heterocycles. The van der Waals surface area contributed by atoms with Gasteiger partial charge in [-0.05, 0) is 12.8 Å². The van der Waals surface area contributed by atoms with Crippen molar-refractivity contribution >= 4 is 22.0 Å². The summed E-state index contributed by atoms with van der Waals surface area (Å²) in [6.07, 6.45) is 0.823. The number of sulfonamides is 1. The fraction of sp³-hybridized carbons (Fsp3) is 0.800. The number of carbonyl (C=O) groups is 2. The first-order chi connectivity index (χ1) is 8.29. The maximum atomic E-state index is 12.0. The second kappa shape index (κ2) is 5.66. The molecule has 2 atom stereocenters. The number of carboxylic acid groups (broad SMARTS) is 1. The number of ether oxygens (including phenoxy) is 1. The van der Waals surface area contributed by atoms with Crippen molar-refractivity contribution in [1.82, 2.24) is 4.31 Å². The molecule has 18 heavy (non-hydrogen) atoms. The zero-order valence-corrected chi connectivity index (χ0v) is 11.1. The molecule has 0 bridgehead atoms. The van der Waals surface area contributed by atoms with Crippen molar-refractivity contribution in [2.75, 3.05) is 19.4 Å². The van der Waals surface area contributed by atoms with Crippen molar-refractivity contribution in [3.8, 4) is 0 Å². The van der Waals surface area contributed by atoms with Crippen molar-refractivity contribution < 1.29 is 27.9 Å². The molecule has 0 amide bonds. The molecule has 1 aliphatic rings. The van der Waals surface area contributed by atoms with E-state index in [9.17, 15) is 18.0 Å². The number of methoxy groups -OCH3 is 1. The Kier molecular flexibility index (Phi) is 4.69. The molecule has 0 aromatic heterocycles. The van der Waals surface area contributed by atoms with E-state index in [4.69, 9.17) is 5.11 Å². The van der Waals surface area contributed by atoms with Gasteiger partial charge in [-0.2, -0.15) is 4.31 Å². The Balaban J connectivity index is 2.80. The first kappa shape index (κ1) is 14.9. The molecule has 0 spiro atoms. The summed E-state index contributed by atoms with van der Waals surface area (Å²) in [5.41, 5.74) is 0. The van der Waals surface area contributed by atoms with E-state index in [1.54, 1.807) is 0 Å². The molecular formula is C10H17NO6S. The zero-order valence-electron chi connectivity index (χ0n) is 10.3. The van der Waals surface area contributed by atoms with Gasteiger partial charge in [0.25, 0.3) is 0 Å². The predicted octanol–water partition coefficient (Wildman–Crippen LogP) is -0.326. The summed E-state index contributed by atoms with van der Waals surface area (Å²) in [5, 5.41) is 8.94. The lowest BCUT2D eigenvalue weighted by Crippen LogP contribution is -2.43. The summed E-state index contributed by atoms with van der Waals surface area (Å²) >= 11 is 0. The van der Waals surface area contributed by atoms with E-state index >= 15 is 0 Å². The average Bonchev–Trinajstić information content (AvgIpc) is 2.76. The van der Waals surface area contributed by atoms with Crippen molar-refractivity contribution in [1.29, 1.82) is 0 Å². The smallest absolute Gasteiger partial charge is 0.322 e. The molecule has 0 aliphatic carbocycles. The van der Waals surface area contributed by atoms with Gasteiger partial charge in [-0.15, -0.1) is 0 Å². The van der Waals surface area contributed by atoms with Crippen molar-refractivity contribution in [2.45, 2.75) is 25.8 Å². The van der Waals surface area contributed by atoms with E-state index in [1.165, 1.54) is 14.0 Å². The van der Waals surface area contributed by atoms with Gasteiger partial charge in [0, 0.05) is 6.54 Å². The molecule has 1 fully saturated rings. The highest BCUT2D eigenvalue weighted by Gasteiger charge is 2.39. The summed E-state index contributed by atoms with van der Waals surface area (Å²) in [6.45, 7) is 1.63. The Bertz CT molecular complexity index is 432. The second-order valence-corrected chi connectivity index (χ2v) is 6.28. The van der Waals surface area contributed by atoms with Crippen LogP contribution in [0.15, 0.2) is 0 Å². The van der Waals surface area contributed by atoms with Crippen LogP contribution in [0.1, 0.15) is 19.8 Å². The largest absolute Gasteiger partial charge is 0.480 e. The van der Waals surface area contributed by atoms with Gasteiger partial charge >= 0.3 is 11.9 Å². The SMILES string of the molecule is COC(=O)C(C)CS(=O)(=O)N1CCC[C@@H]1C(=O)O. The Morgan fingerprint density at radius 2 is 2.11 bits per heavy atom. The fourth-order valence-electron chi connectivity index (χ4n) is 2.00. The maximum absolute atomic E-state index is 12.0. The molecule has 1 rings (SSSR count). The Labute approximate surface area is 106 Å². The summed E-state index contributed by atoms with van der Waals surface area (Å²) in [6, 6.07) is -1.01. The van der Waals surface area contributed by atoms with Gasteiger partial charge in [0.15, 0.2) is 0 Å². The molecule has 1 N–H and O–H groups in total. The molecule has 0 aromatic rings. The molecule has 1 unspecified atom stereocenters. The Morgan fingerprint density at radius 3 is 2.61 bits per heavy atom. The number of esters is 1. The van der Waals surface area contributed by atoms with Crippen LogP contribution in [0.4, 0.5) is 0 Å². The van der Waals surface area contributed by atoms with Crippen LogP contribution in [-0.4, -0.2) is 55.2 Å². The van der Waals surface area contributed by atoms with Gasteiger partial charge < -0.3 is 9.84 Å². The molecule has 7 nitrogen and oxygen atoms in total. The van der Waals surface area contributed by atoms with E-state index in [2.05, 4.69) is 4.74 Å². The molecule has 0 saturated carbocycles. The number of nitrogens with zero attached hydrogens (tertiary/aromatic N) is 1. The third kappa shape index (κ3) is 3.20. The first-order valence-corrected chi connectivity index (χ1v) is 7.20. The number of carbonyl (C=O) groups excluding carboxylic acids is 1. The van der Waals surface area contributed by atoms with E-state index in [1.807, 2.05) is 0 Å². The standard InChI is InChI=1S/C10H17NO6S/c1-7(10(14)17-2)6-18(15,16)11-5-3-4-8(11)9(12)13/h7-8H,3-6H2,1-2H3,(H,12,13)/t7?,8-/m1/s1. The molecule has 8 heteroatoms. The van der Waals surface area contributed by atoms with Crippen LogP contribution in [0.25, 0.3) is 0 Å². The Morgan fingerprint density at radius 1 is 1.50 bits per heavy atom. The second-order valence-electron chi connectivity index (χ2n) is 4.31. The highest BCUT2D eigenvalue weighted by atomic mass is 32.2. The van der Waals surface area contributed by atoms with Crippen LogP contribution in [0, 0.1) is 5.92 Å². The summed E-state index contributed by atoms with van der Waals surface area (Å²) < 4.78 is 29.5. The minimum Gasteiger partial charge on any atom is -0.480 e. The topological polar surface area (TPSA) is 101 Å². The van der Waals surface area contributed by atoms with Gasteiger partial charge in [-0.1, -0.05) is 6.92 Å². The normalized spacial score (nSPS) is 22.7. The maximum Gasteiger partial charge on any atom is 0.322 e. The van der Waals surface area contributed by atoms with Gasteiger partial charge in [0.05, 0.1) is 18.8 Å². The number of carboxylic acids is 1. The van der Waals surface area contributed by atoms with Crippen LogP contribution >= 0.6 is 0 Å². The molecule has 1 saturated heterocycles. The van der Waals surface area contributed by atoms with Crippen molar-refractivity contribution in [3.63, 3.8) is 0 Å². The zero-order chi connectivity index (χ0) is 13.9. The summed E-state index contributed by atoms with van der Waals surface area (Å²) in [4.78, 5) is 22.1. The highest BCUT2D eigenvalue weighted by molar-refractivity contribution is 7.89. The average molecular weight is 279 g/mol. The van der Waals surface area contributed by atoms with Crippen molar-refractivity contribution in [2.24, 2.45) is 5.92 Å². The summed E-state index contributed by atoms with van der Waals surface area (Å²) in [7, 11) is -2.57. The van der Waals surface area contributed by atoms with E-state index in [-0.39, 0.29) is 6.54 Å². The van der Waals surface area contributed by atoms with Crippen LogP contribution < -0.4 is 0 Å². The van der Waals surface area contributed by atoms with Gasteiger partial charge in [-0.25, -0.2) is 8.42 Å². The van der Waals surface area contributed by atoms with E-state index in [0.717, 1.165) is 4.31 Å². The van der Waals surface area contributed by atoms with Gasteiger partial charge in [-0.3, -0.25) is 9.59 Å². The van der Waals surface area contributed by atoms with Crippen LogP contribution in [0.3, 0.4) is 0 Å². The molecule has 0 aromatic carbocycles. The minimum absolute atomic E-state index is 0.188. The third-order valence-corrected chi connectivity index (χ3v) is 4.98. The highest BCUT2D eigenvalue weighted by Crippen LogP contribution is 2.22. The van der Waals surface area contributed by atoms with Crippen LogP contribution in [0.2, 0.25) is 0 Å². The van der Waals surface area contributed by atoms with E-state index in [0.29, 0.717) is 12.8 Å². The number of hydrogen-bond acceptors (Lipinski definition) is 5.